The van der Waals surface area contributed by atoms with E-state index in [0.29, 0.717) is 5.56 Å². The lowest BCUT2D eigenvalue weighted by atomic mass is 10.1. The number of rotatable bonds is 5. The summed E-state index contributed by atoms with van der Waals surface area (Å²) in [5.74, 6) is -0.503. The number of carbonyl (C=O) groups excluding carboxylic acids is 1. The number of nitriles is 1. The van der Waals surface area contributed by atoms with Gasteiger partial charge in [0, 0.05) is 17.5 Å². The molecule has 2 rings (SSSR count). The number of hydrogen-bond donors (Lipinski definition) is 1. The van der Waals surface area contributed by atoms with Crippen molar-refractivity contribution in [3.63, 3.8) is 0 Å². The number of nitrogens with zero attached hydrogens (tertiary/aromatic N) is 2. The second-order valence-electron chi connectivity index (χ2n) is 4.63. The summed E-state index contributed by atoms with van der Waals surface area (Å²) in [5, 5.41) is 22.5. The van der Waals surface area contributed by atoms with Crippen molar-refractivity contribution in [2.45, 2.75) is 11.4 Å². The fraction of sp³-hybridized carbons (Fsp3) is 0.125. The predicted octanol–water partition coefficient (Wildman–Crippen LogP) is 3.12. The molecule has 2 aromatic rings. The SMILES string of the molecule is CSc1ccc([N+](=O)[O-])c(C(=O)NCc2ccc(C#N)cc2)c1. The summed E-state index contributed by atoms with van der Waals surface area (Å²) in [6, 6.07) is 13.2. The molecule has 0 aliphatic heterocycles. The van der Waals surface area contributed by atoms with E-state index in [9.17, 15) is 14.9 Å². The molecule has 0 heterocycles. The molecule has 1 amide bonds. The van der Waals surface area contributed by atoms with Crippen LogP contribution in [0.2, 0.25) is 0 Å². The van der Waals surface area contributed by atoms with Gasteiger partial charge in [-0.05, 0) is 36.1 Å². The number of benzene rings is 2. The van der Waals surface area contributed by atoms with Gasteiger partial charge < -0.3 is 5.32 Å². The molecular weight excluding hydrogens is 314 g/mol. The fourth-order valence-electron chi connectivity index (χ4n) is 1.96. The highest BCUT2D eigenvalue weighted by Gasteiger charge is 2.20. The van der Waals surface area contributed by atoms with Crippen molar-refractivity contribution < 1.29 is 9.72 Å². The van der Waals surface area contributed by atoms with Crippen molar-refractivity contribution in [1.82, 2.24) is 5.32 Å². The van der Waals surface area contributed by atoms with Gasteiger partial charge in [-0.25, -0.2) is 0 Å². The molecule has 0 radical (unpaired) electrons. The van der Waals surface area contributed by atoms with Crippen LogP contribution in [0.25, 0.3) is 0 Å². The van der Waals surface area contributed by atoms with Crippen LogP contribution in [0.15, 0.2) is 47.4 Å². The Balaban J connectivity index is 2.16. The summed E-state index contributed by atoms with van der Waals surface area (Å²) in [4.78, 5) is 23.5. The molecule has 0 fully saturated rings. The van der Waals surface area contributed by atoms with Crippen LogP contribution in [0.4, 0.5) is 5.69 Å². The standard InChI is InChI=1S/C16H13N3O3S/c1-23-13-6-7-15(19(21)22)14(8-13)16(20)18-10-12-4-2-11(9-17)3-5-12/h2-8H,10H2,1H3,(H,18,20). The second-order valence-corrected chi connectivity index (χ2v) is 5.51. The van der Waals surface area contributed by atoms with Crippen molar-refractivity contribution in [1.29, 1.82) is 5.26 Å². The van der Waals surface area contributed by atoms with Crippen LogP contribution in [0.1, 0.15) is 21.5 Å². The third kappa shape index (κ3) is 4.08. The number of amides is 1. The van der Waals surface area contributed by atoms with Gasteiger partial charge in [0.05, 0.1) is 16.6 Å². The number of carbonyl (C=O) groups is 1. The van der Waals surface area contributed by atoms with Crippen LogP contribution in [-0.2, 0) is 6.54 Å². The zero-order chi connectivity index (χ0) is 16.8. The van der Waals surface area contributed by atoms with Gasteiger partial charge in [-0.15, -0.1) is 11.8 Å². The Morgan fingerprint density at radius 3 is 2.57 bits per heavy atom. The first kappa shape index (κ1) is 16.5. The van der Waals surface area contributed by atoms with Gasteiger partial charge in [-0.3, -0.25) is 14.9 Å². The summed E-state index contributed by atoms with van der Waals surface area (Å²) in [7, 11) is 0. The van der Waals surface area contributed by atoms with Crippen molar-refractivity contribution >= 4 is 23.4 Å². The van der Waals surface area contributed by atoms with Gasteiger partial charge in [0.2, 0.25) is 0 Å². The van der Waals surface area contributed by atoms with Gasteiger partial charge in [0.25, 0.3) is 11.6 Å². The molecule has 1 N–H and O–H groups in total. The zero-order valence-electron chi connectivity index (χ0n) is 12.3. The third-order valence-corrected chi connectivity index (χ3v) is 3.91. The Morgan fingerprint density at radius 2 is 2.00 bits per heavy atom. The topological polar surface area (TPSA) is 96.0 Å². The van der Waals surface area contributed by atoms with E-state index < -0.39 is 10.8 Å². The maximum atomic E-state index is 12.3. The number of nitrogens with one attached hydrogen (secondary N) is 1. The van der Waals surface area contributed by atoms with Gasteiger partial charge in [0.15, 0.2) is 0 Å². The molecule has 2 aromatic carbocycles. The fourth-order valence-corrected chi connectivity index (χ4v) is 2.40. The van der Waals surface area contributed by atoms with Gasteiger partial charge in [0.1, 0.15) is 5.56 Å². The van der Waals surface area contributed by atoms with Crippen LogP contribution in [0.3, 0.4) is 0 Å². The van der Waals surface area contributed by atoms with E-state index in [0.717, 1.165) is 10.5 Å². The van der Waals surface area contributed by atoms with Crippen LogP contribution < -0.4 is 5.32 Å². The minimum atomic E-state index is -0.569. The van der Waals surface area contributed by atoms with E-state index in [1.165, 1.54) is 23.9 Å². The highest BCUT2D eigenvalue weighted by molar-refractivity contribution is 7.98. The second kappa shape index (κ2) is 7.42. The van der Waals surface area contributed by atoms with Gasteiger partial charge >= 0.3 is 0 Å². The molecule has 116 valence electrons. The number of thioether (sulfide) groups is 1. The van der Waals surface area contributed by atoms with Crippen LogP contribution in [-0.4, -0.2) is 17.1 Å². The van der Waals surface area contributed by atoms with E-state index in [1.807, 2.05) is 12.3 Å². The third-order valence-electron chi connectivity index (χ3n) is 3.18. The van der Waals surface area contributed by atoms with E-state index in [4.69, 9.17) is 5.26 Å². The summed E-state index contributed by atoms with van der Waals surface area (Å²) in [6.45, 7) is 0.227. The smallest absolute Gasteiger partial charge is 0.282 e. The molecule has 0 unspecified atom stereocenters. The molecule has 0 bridgehead atoms. The Kier molecular flexibility index (Phi) is 5.33. The van der Waals surface area contributed by atoms with Gasteiger partial charge in [-0.1, -0.05) is 12.1 Å². The Labute approximate surface area is 137 Å². The summed E-state index contributed by atoms with van der Waals surface area (Å²) in [5.41, 5.74) is 1.15. The molecule has 0 aliphatic rings. The van der Waals surface area contributed by atoms with Gasteiger partial charge in [-0.2, -0.15) is 5.26 Å². The highest BCUT2D eigenvalue weighted by atomic mass is 32.2. The summed E-state index contributed by atoms with van der Waals surface area (Å²) in [6.07, 6.45) is 1.83. The first-order chi connectivity index (χ1) is 11.0. The van der Waals surface area contributed by atoms with Crippen molar-refractivity contribution in [3.05, 3.63) is 69.3 Å². The predicted molar refractivity (Wildman–Crippen MR) is 87.2 cm³/mol. The molecule has 0 aliphatic carbocycles. The molecular formula is C16H13N3O3S. The Morgan fingerprint density at radius 1 is 1.30 bits per heavy atom. The first-order valence-corrected chi connectivity index (χ1v) is 7.87. The molecule has 7 heteroatoms. The number of nitro groups is 1. The molecule has 0 saturated carbocycles. The Hall–Kier alpha value is -2.85. The molecule has 23 heavy (non-hydrogen) atoms. The maximum absolute atomic E-state index is 12.3. The lowest BCUT2D eigenvalue weighted by Crippen LogP contribution is -2.23. The summed E-state index contributed by atoms with van der Waals surface area (Å²) >= 11 is 1.41. The van der Waals surface area contributed by atoms with Crippen molar-refractivity contribution in [2.75, 3.05) is 6.26 Å². The lowest BCUT2D eigenvalue weighted by Gasteiger charge is -2.07. The van der Waals surface area contributed by atoms with Crippen LogP contribution in [0.5, 0.6) is 0 Å². The van der Waals surface area contributed by atoms with E-state index in [1.54, 1.807) is 30.3 Å². The highest BCUT2D eigenvalue weighted by Crippen LogP contribution is 2.24. The summed E-state index contributed by atoms with van der Waals surface area (Å²) < 4.78 is 0. The maximum Gasteiger partial charge on any atom is 0.282 e. The lowest BCUT2D eigenvalue weighted by molar-refractivity contribution is -0.385. The first-order valence-electron chi connectivity index (χ1n) is 6.65. The molecule has 6 nitrogen and oxygen atoms in total. The largest absolute Gasteiger partial charge is 0.348 e. The van der Waals surface area contributed by atoms with Crippen molar-refractivity contribution in [2.24, 2.45) is 0 Å². The minimum absolute atomic E-state index is 0.0375. The van der Waals surface area contributed by atoms with E-state index in [2.05, 4.69) is 5.32 Å². The minimum Gasteiger partial charge on any atom is -0.348 e. The van der Waals surface area contributed by atoms with Crippen LogP contribution >= 0.6 is 11.8 Å². The molecule has 0 atom stereocenters. The normalized spacial score (nSPS) is 9.91. The monoisotopic (exact) mass is 327 g/mol. The number of nitro benzene ring substituents is 1. The molecule has 0 saturated heterocycles. The number of hydrogen-bond acceptors (Lipinski definition) is 5. The Bertz CT molecular complexity index is 782. The quantitative estimate of drug-likeness (QED) is 0.517. The average Bonchev–Trinajstić information content (AvgIpc) is 2.59. The zero-order valence-corrected chi connectivity index (χ0v) is 13.1. The van der Waals surface area contributed by atoms with E-state index >= 15 is 0 Å². The molecule has 0 aromatic heterocycles. The van der Waals surface area contributed by atoms with E-state index in [-0.39, 0.29) is 17.8 Å². The van der Waals surface area contributed by atoms with Crippen molar-refractivity contribution in [3.8, 4) is 6.07 Å². The van der Waals surface area contributed by atoms with Crippen LogP contribution in [0, 0.1) is 21.4 Å². The average molecular weight is 327 g/mol. The molecule has 0 spiro atoms.